The van der Waals surface area contributed by atoms with Gasteiger partial charge in [0, 0.05) is 5.41 Å². The number of nitrogens with two attached hydrogens (primary N) is 1. The molecular formula is C8H18N2O. The van der Waals surface area contributed by atoms with Gasteiger partial charge in [-0.25, -0.2) is 0 Å². The Kier molecular flexibility index (Phi) is 4.11. The minimum Gasteiger partial charge on any atom is -0.343 e. The number of amides is 1. The molecule has 0 aliphatic carbocycles. The lowest BCUT2D eigenvalue weighted by Gasteiger charge is -2.21. The Morgan fingerprint density at radius 3 is 2.45 bits per heavy atom. The average molecular weight is 158 g/mol. The second-order valence-electron chi connectivity index (χ2n) is 3.34. The molecule has 0 saturated carbocycles. The molecule has 0 spiro atoms. The molecule has 0 bridgehead atoms. The highest BCUT2D eigenvalue weighted by Crippen LogP contribution is 2.21. The van der Waals surface area contributed by atoms with Crippen molar-refractivity contribution in [3.05, 3.63) is 0 Å². The van der Waals surface area contributed by atoms with E-state index in [2.05, 4.69) is 12.2 Å². The van der Waals surface area contributed by atoms with Gasteiger partial charge < -0.3 is 11.1 Å². The van der Waals surface area contributed by atoms with Gasteiger partial charge in [-0.2, -0.15) is 0 Å². The summed E-state index contributed by atoms with van der Waals surface area (Å²) in [5.74, 6) is 0.0434. The zero-order valence-corrected chi connectivity index (χ0v) is 7.61. The minimum absolute atomic E-state index is 0.0434. The van der Waals surface area contributed by atoms with E-state index in [1.807, 2.05) is 13.8 Å². The van der Waals surface area contributed by atoms with Gasteiger partial charge in [-0.05, 0) is 6.42 Å². The van der Waals surface area contributed by atoms with Gasteiger partial charge in [-0.15, -0.1) is 0 Å². The molecule has 11 heavy (non-hydrogen) atoms. The maximum absolute atomic E-state index is 11.3. The molecule has 0 fully saturated rings. The number of hydrogen-bond acceptors (Lipinski definition) is 2. The highest BCUT2D eigenvalue weighted by Gasteiger charge is 2.25. The molecule has 0 radical (unpaired) electrons. The molecule has 0 aliphatic rings. The van der Waals surface area contributed by atoms with E-state index in [9.17, 15) is 4.79 Å². The minimum atomic E-state index is -0.270. The van der Waals surface area contributed by atoms with Crippen molar-refractivity contribution in [1.82, 2.24) is 5.32 Å². The van der Waals surface area contributed by atoms with Gasteiger partial charge in [0.2, 0.25) is 5.91 Å². The van der Waals surface area contributed by atoms with Crippen LogP contribution in [0.1, 0.15) is 33.6 Å². The summed E-state index contributed by atoms with van der Waals surface area (Å²) in [6.07, 6.45) is 1.92. The molecule has 0 unspecified atom stereocenters. The Hall–Kier alpha value is -0.570. The van der Waals surface area contributed by atoms with Crippen LogP contribution in [0, 0.1) is 5.41 Å². The summed E-state index contributed by atoms with van der Waals surface area (Å²) < 4.78 is 0. The fourth-order valence-electron chi connectivity index (χ4n) is 1.07. The lowest BCUT2D eigenvalue weighted by molar-refractivity contribution is -0.129. The van der Waals surface area contributed by atoms with Crippen LogP contribution in [-0.2, 0) is 4.79 Å². The van der Waals surface area contributed by atoms with E-state index in [1.165, 1.54) is 0 Å². The fraction of sp³-hybridized carbons (Fsp3) is 0.875. The SMILES string of the molecule is CCCC(C)(C)C(=O)NCN. The van der Waals surface area contributed by atoms with E-state index in [-0.39, 0.29) is 18.0 Å². The average Bonchev–Trinajstić information content (AvgIpc) is 1.88. The molecule has 0 atom stereocenters. The Balaban J connectivity index is 3.94. The third-order valence-electron chi connectivity index (χ3n) is 1.75. The summed E-state index contributed by atoms with van der Waals surface area (Å²) in [4.78, 5) is 11.3. The first-order chi connectivity index (χ1) is 5.04. The van der Waals surface area contributed by atoms with Crippen LogP contribution < -0.4 is 11.1 Å². The largest absolute Gasteiger partial charge is 0.343 e. The third kappa shape index (κ3) is 3.37. The van der Waals surface area contributed by atoms with Gasteiger partial charge in [0.15, 0.2) is 0 Å². The van der Waals surface area contributed by atoms with Crippen LogP contribution in [0.2, 0.25) is 0 Å². The molecule has 3 heteroatoms. The second-order valence-corrected chi connectivity index (χ2v) is 3.34. The van der Waals surface area contributed by atoms with Gasteiger partial charge in [0.25, 0.3) is 0 Å². The van der Waals surface area contributed by atoms with Gasteiger partial charge in [-0.1, -0.05) is 27.2 Å². The Labute approximate surface area is 68.3 Å². The fourth-order valence-corrected chi connectivity index (χ4v) is 1.07. The van der Waals surface area contributed by atoms with Crippen molar-refractivity contribution >= 4 is 5.91 Å². The number of hydrogen-bond donors (Lipinski definition) is 2. The molecular weight excluding hydrogens is 140 g/mol. The summed E-state index contributed by atoms with van der Waals surface area (Å²) in [6, 6.07) is 0. The molecule has 0 saturated heterocycles. The van der Waals surface area contributed by atoms with Crippen LogP contribution in [0.3, 0.4) is 0 Å². The van der Waals surface area contributed by atoms with Crippen molar-refractivity contribution in [1.29, 1.82) is 0 Å². The second kappa shape index (κ2) is 4.34. The van der Waals surface area contributed by atoms with E-state index in [0.717, 1.165) is 12.8 Å². The maximum atomic E-state index is 11.3. The zero-order chi connectivity index (χ0) is 8.91. The van der Waals surface area contributed by atoms with E-state index < -0.39 is 0 Å². The molecule has 0 aliphatic heterocycles. The first-order valence-electron chi connectivity index (χ1n) is 4.03. The number of rotatable bonds is 4. The Morgan fingerprint density at radius 2 is 2.09 bits per heavy atom. The summed E-state index contributed by atoms with van der Waals surface area (Å²) in [7, 11) is 0. The highest BCUT2D eigenvalue weighted by molar-refractivity contribution is 5.81. The Bertz CT molecular complexity index is 132. The van der Waals surface area contributed by atoms with Crippen molar-refractivity contribution in [2.24, 2.45) is 11.1 Å². The molecule has 3 nitrogen and oxygen atoms in total. The zero-order valence-electron chi connectivity index (χ0n) is 7.61. The van der Waals surface area contributed by atoms with Gasteiger partial charge >= 0.3 is 0 Å². The van der Waals surface area contributed by atoms with Crippen molar-refractivity contribution in [3.63, 3.8) is 0 Å². The molecule has 0 rings (SSSR count). The van der Waals surface area contributed by atoms with E-state index in [0.29, 0.717) is 0 Å². The molecule has 66 valence electrons. The van der Waals surface area contributed by atoms with Crippen molar-refractivity contribution in [2.75, 3.05) is 6.67 Å². The quantitative estimate of drug-likeness (QED) is 0.596. The molecule has 3 N–H and O–H groups in total. The van der Waals surface area contributed by atoms with Crippen molar-refractivity contribution in [3.8, 4) is 0 Å². The lowest BCUT2D eigenvalue weighted by atomic mass is 9.87. The molecule has 1 amide bonds. The predicted octanol–water partition coefficient (Wildman–Crippen LogP) is 0.845. The van der Waals surface area contributed by atoms with Crippen LogP contribution in [-0.4, -0.2) is 12.6 Å². The maximum Gasteiger partial charge on any atom is 0.226 e. The van der Waals surface area contributed by atoms with Crippen LogP contribution in [0.25, 0.3) is 0 Å². The van der Waals surface area contributed by atoms with E-state index in [1.54, 1.807) is 0 Å². The van der Waals surface area contributed by atoms with Crippen molar-refractivity contribution in [2.45, 2.75) is 33.6 Å². The van der Waals surface area contributed by atoms with Gasteiger partial charge in [0.05, 0.1) is 6.67 Å². The van der Waals surface area contributed by atoms with Crippen molar-refractivity contribution < 1.29 is 4.79 Å². The molecule has 0 aromatic heterocycles. The first kappa shape index (κ1) is 10.4. The smallest absolute Gasteiger partial charge is 0.226 e. The topological polar surface area (TPSA) is 55.1 Å². The molecule has 0 heterocycles. The Morgan fingerprint density at radius 1 is 1.55 bits per heavy atom. The van der Waals surface area contributed by atoms with Crippen LogP contribution in [0.4, 0.5) is 0 Å². The van der Waals surface area contributed by atoms with Crippen LogP contribution in [0.5, 0.6) is 0 Å². The third-order valence-corrected chi connectivity index (χ3v) is 1.75. The van der Waals surface area contributed by atoms with E-state index in [4.69, 9.17) is 5.73 Å². The summed E-state index contributed by atoms with van der Waals surface area (Å²) >= 11 is 0. The van der Waals surface area contributed by atoms with E-state index >= 15 is 0 Å². The summed E-state index contributed by atoms with van der Waals surface area (Å²) in [5.41, 5.74) is 4.92. The number of nitrogens with one attached hydrogen (secondary N) is 1. The first-order valence-corrected chi connectivity index (χ1v) is 4.03. The lowest BCUT2D eigenvalue weighted by Crippen LogP contribution is -2.39. The van der Waals surface area contributed by atoms with Crippen LogP contribution >= 0.6 is 0 Å². The summed E-state index contributed by atoms with van der Waals surface area (Å²) in [6.45, 7) is 6.16. The molecule has 0 aromatic rings. The molecule has 0 aromatic carbocycles. The number of carbonyl (C=O) groups is 1. The standard InChI is InChI=1S/C8H18N2O/c1-4-5-8(2,3)7(11)10-6-9/h4-6,9H2,1-3H3,(H,10,11). The number of carbonyl (C=O) groups excluding carboxylic acids is 1. The normalized spacial score (nSPS) is 11.3. The monoisotopic (exact) mass is 158 g/mol. The van der Waals surface area contributed by atoms with Gasteiger partial charge in [-0.3, -0.25) is 4.79 Å². The summed E-state index contributed by atoms with van der Waals surface area (Å²) in [5, 5.41) is 2.61. The highest BCUT2D eigenvalue weighted by atomic mass is 16.2. The van der Waals surface area contributed by atoms with Gasteiger partial charge in [0.1, 0.15) is 0 Å². The predicted molar refractivity (Wildman–Crippen MR) is 45.9 cm³/mol. The van der Waals surface area contributed by atoms with Crippen LogP contribution in [0.15, 0.2) is 0 Å².